The van der Waals surface area contributed by atoms with Crippen LogP contribution in [0.2, 0.25) is 0 Å². The smallest absolute Gasteiger partial charge is 0.304 e. The summed E-state index contributed by atoms with van der Waals surface area (Å²) in [5.74, 6) is -0.583. The van der Waals surface area contributed by atoms with Gasteiger partial charge in [0.05, 0.1) is 6.54 Å². The Hall–Kier alpha value is -1.36. The van der Waals surface area contributed by atoms with E-state index in [0.717, 1.165) is 13.1 Å². The van der Waals surface area contributed by atoms with Crippen molar-refractivity contribution in [3.63, 3.8) is 0 Å². The minimum Gasteiger partial charge on any atom is -0.445 e. The summed E-state index contributed by atoms with van der Waals surface area (Å²) >= 11 is 0. The molecule has 0 aromatic heterocycles. The molecule has 17 heavy (non-hydrogen) atoms. The zero-order valence-electron chi connectivity index (χ0n) is 11.1. The van der Waals surface area contributed by atoms with Gasteiger partial charge in [-0.3, -0.25) is 14.5 Å². The fourth-order valence-corrected chi connectivity index (χ4v) is 1.40. The summed E-state index contributed by atoms with van der Waals surface area (Å²) in [6, 6.07) is 0. The van der Waals surface area contributed by atoms with Crippen molar-refractivity contribution >= 4 is 11.9 Å². The van der Waals surface area contributed by atoms with Gasteiger partial charge in [0.2, 0.25) is 5.91 Å². The minimum atomic E-state index is -0.425. The Bertz CT molecular complexity index is 285. The predicted molar refractivity (Wildman–Crippen MR) is 66.3 cm³/mol. The van der Waals surface area contributed by atoms with Crippen LogP contribution in [-0.2, 0) is 14.3 Å². The van der Waals surface area contributed by atoms with E-state index < -0.39 is 6.23 Å². The minimum absolute atomic E-state index is 0.227. The number of carbonyl (C=O) groups is 2. The van der Waals surface area contributed by atoms with Crippen LogP contribution >= 0.6 is 0 Å². The Labute approximate surface area is 103 Å². The number of rotatable bonds is 7. The second-order valence-corrected chi connectivity index (χ2v) is 3.78. The van der Waals surface area contributed by atoms with Crippen LogP contribution in [0.25, 0.3) is 0 Å². The Kier molecular flexibility index (Phi) is 7.21. The first-order valence-electron chi connectivity index (χ1n) is 5.77. The lowest BCUT2D eigenvalue weighted by molar-refractivity contribution is -0.156. The van der Waals surface area contributed by atoms with Crippen LogP contribution in [0.1, 0.15) is 27.7 Å². The maximum atomic E-state index is 11.4. The molecular formula is C12H22N2O3. The molecule has 0 saturated heterocycles. The molecule has 1 N–H and O–H groups in total. The summed E-state index contributed by atoms with van der Waals surface area (Å²) in [7, 11) is 0. The van der Waals surface area contributed by atoms with Gasteiger partial charge < -0.3 is 10.1 Å². The van der Waals surface area contributed by atoms with Crippen molar-refractivity contribution in [2.24, 2.45) is 0 Å². The number of esters is 1. The summed E-state index contributed by atoms with van der Waals surface area (Å²) in [5.41, 5.74) is 0.436. The molecule has 0 aliphatic rings. The molecule has 0 aromatic carbocycles. The number of hydrogen-bond acceptors (Lipinski definition) is 4. The quantitative estimate of drug-likeness (QED) is 0.409. The van der Waals surface area contributed by atoms with E-state index in [0.29, 0.717) is 5.57 Å². The van der Waals surface area contributed by atoms with Gasteiger partial charge in [-0.05, 0) is 20.0 Å². The van der Waals surface area contributed by atoms with Crippen molar-refractivity contribution in [3.05, 3.63) is 12.2 Å². The highest BCUT2D eigenvalue weighted by atomic mass is 16.6. The van der Waals surface area contributed by atoms with Crippen LogP contribution in [0, 0.1) is 0 Å². The lowest BCUT2D eigenvalue weighted by Crippen LogP contribution is -2.46. The molecule has 1 unspecified atom stereocenters. The number of nitrogens with one attached hydrogen (secondary N) is 1. The number of hydrogen-bond donors (Lipinski definition) is 1. The fraction of sp³-hybridized carbons (Fsp3) is 0.667. The lowest BCUT2D eigenvalue weighted by Gasteiger charge is -2.28. The first-order valence-corrected chi connectivity index (χ1v) is 5.77. The number of carbonyl (C=O) groups excluding carboxylic acids is 2. The van der Waals surface area contributed by atoms with E-state index in [2.05, 4.69) is 11.9 Å². The van der Waals surface area contributed by atoms with E-state index in [-0.39, 0.29) is 18.4 Å². The van der Waals surface area contributed by atoms with Gasteiger partial charge in [-0.25, -0.2) is 0 Å². The SMILES string of the molecule is C=C(C)C(=O)NCC(OC(C)=O)N(CC)CC. The van der Waals surface area contributed by atoms with Crippen molar-refractivity contribution < 1.29 is 14.3 Å². The molecule has 0 aliphatic heterocycles. The Morgan fingerprint density at radius 1 is 1.29 bits per heavy atom. The second-order valence-electron chi connectivity index (χ2n) is 3.78. The zero-order chi connectivity index (χ0) is 13.4. The Morgan fingerprint density at radius 3 is 2.18 bits per heavy atom. The van der Waals surface area contributed by atoms with Gasteiger partial charge >= 0.3 is 5.97 Å². The molecule has 0 aromatic rings. The molecule has 0 radical (unpaired) electrons. The van der Waals surface area contributed by atoms with Crippen molar-refractivity contribution in [2.75, 3.05) is 19.6 Å². The van der Waals surface area contributed by atoms with Crippen LogP contribution in [0.15, 0.2) is 12.2 Å². The van der Waals surface area contributed by atoms with Crippen molar-refractivity contribution in [1.82, 2.24) is 10.2 Å². The van der Waals surface area contributed by atoms with Crippen LogP contribution < -0.4 is 5.32 Å². The Morgan fingerprint density at radius 2 is 1.82 bits per heavy atom. The van der Waals surface area contributed by atoms with Gasteiger partial charge in [0.1, 0.15) is 0 Å². The number of nitrogens with zero attached hydrogens (tertiary/aromatic N) is 1. The summed E-state index contributed by atoms with van der Waals surface area (Å²) < 4.78 is 5.17. The van der Waals surface area contributed by atoms with Crippen molar-refractivity contribution in [3.8, 4) is 0 Å². The third-order valence-corrected chi connectivity index (χ3v) is 2.35. The summed E-state index contributed by atoms with van der Waals surface area (Å²) in [4.78, 5) is 24.3. The molecule has 0 fully saturated rings. The number of amides is 1. The fourth-order valence-electron chi connectivity index (χ4n) is 1.40. The molecule has 1 atom stereocenters. The largest absolute Gasteiger partial charge is 0.445 e. The number of likely N-dealkylation sites (N-methyl/N-ethyl adjacent to an activating group) is 1. The number of ether oxygens (including phenoxy) is 1. The average Bonchev–Trinajstić information content (AvgIpc) is 2.25. The third kappa shape index (κ3) is 6.06. The first-order chi connectivity index (χ1) is 7.92. The molecular weight excluding hydrogens is 220 g/mol. The molecule has 98 valence electrons. The molecule has 0 saturated carbocycles. The van der Waals surface area contributed by atoms with Crippen LogP contribution in [0.3, 0.4) is 0 Å². The van der Waals surface area contributed by atoms with Crippen molar-refractivity contribution in [2.45, 2.75) is 33.9 Å². The van der Waals surface area contributed by atoms with E-state index in [9.17, 15) is 9.59 Å². The highest BCUT2D eigenvalue weighted by Crippen LogP contribution is 2.01. The summed E-state index contributed by atoms with van der Waals surface area (Å²) in [6.07, 6.45) is -0.425. The highest BCUT2D eigenvalue weighted by molar-refractivity contribution is 5.92. The molecule has 0 heterocycles. The van der Waals surface area contributed by atoms with E-state index in [1.165, 1.54) is 6.92 Å². The van der Waals surface area contributed by atoms with Crippen LogP contribution in [0.5, 0.6) is 0 Å². The predicted octanol–water partition coefficient (Wildman–Crippen LogP) is 0.910. The van der Waals surface area contributed by atoms with Gasteiger partial charge in [0.15, 0.2) is 6.23 Å². The molecule has 0 spiro atoms. The van der Waals surface area contributed by atoms with E-state index in [4.69, 9.17) is 4.74 Å². The highest BCUT2D eigenvalue weighted by Gasteiger charge is 2.19. The monoisotopic (exact) mass is 242 g/mol. The standard InChI is InChI=1S/C12H22N2O3/c1-6-14(7-2)11(17-10(5)15)8-13-12(16)9(3)4/h11H,3,6-8H2,1-2,4-5H3,(H,13,16). The van der Waals surface area contributed by atoms with E-state index >= 15 is 0 Å². The Balaban J connectivity index is 4.42. The summed E-state index contributed by atoms with van der Waals surface area (Å²) in [6.45, 7) is 12.2. The normalized spacial score (nSPS) is 12.1. The van der Waals surface area contributed by atoms with E-state index in [1.807, 2.05) is 18.7 Å². The lowest BCUT2D eigenvalue weighted by atomic mass is 10.3. The van der Waals surface area contributed by atoms with Crippen LogP contribution in [0.4, 0.5) is 0 Å². The van der Waals surface area contributed by atoms with Gasteiger partial charge in [-0.1, -0.05) is 20.4 Å². The maximum absolute atomic E-state index is 11.4. The zero-order valence-corrected chi connectivity index (χ0v) is 11.1. The molecule has 5 nitrogen and oxygen atoms in total. The maximum Gasteiger partial charge on any atom is 0.304 e. The molecule has 0 aliphatic carbocycles. The van der Waals surface area contributed by atoms with Crippen molar-refractivity contribution in [1.29, 1.82) is 0 Å². The van der Waals surface area contributed by atoms with Gasteiger partial charge in [0.25, 0.3) is 0 Å². The van der Waals surface area contributed by atoms with Gasteiger partial charge in [-0.15, -0.1) is 0 Å². The third-order valence-electron chi connectivity index (χ3n) is 2.35. The molecule has 5 heteroatoms. The average molecular weight is 242 g/mol. The van der Waals surface area contributed by atoms with Gasteiger partial charge in [0, 0.05) is 12.5 Å². The topological polar surface area (TPSA) is 58.6 Å². The summed E-state index contributed by atoms with van der Waals surface area (Å²) in [5, 5.41) is 2.68. The van der Waals surface area contributed by atoms with Crippen LogP contribution in [-0.4, -0.2) is 42.6 Å². The van der Waals surface area contributed by atoms with E-state index in [1.54, 1.807) is 6.92 Å². The first kappa shape index (κ1) is 15.6. The molecule has 0 bridgehead atoms. The van der Waals surface area contributed by atoms with Gasteiger partial charge in [-0.2, -0.15) is 0 Å². The molecule has 1 amide bonds. The second kappa shape index (κ2) is 7.84. The molecule has 0 rings (SSSR count).